The Labute approximate surface area is 214 Å². The average molecular weight is 503 g/mol. The molecule has 0 aromatic heterocycles. The number of rotatable bonds is 1. The van der Waals surface area contributed by atoms with E-state index in [4.69, 9.17) is 0 Å². The van der Waals surface area contributed by atoms with E-state index in [1.165, 1.54) is 49.4 Å². The molecule has 1 atom stereocenters. The van der Waals surface area contributed by atoms with E-state index in [0.29, 0.717) is 5.92 Å². The van der Waals surface area contributed by atoms with Crippen molar-refractivity contribution in [1.29, 1.82) is 0 Å². The van der Waals surface area contributed by atoms with Gasteiger partial charge in [-0.15, -0.1) is 33.7 Å². The van der Waals surface area contributed by atoms with Crippen LogP contribution in [-0.4, -0.2) is 0 Å². The summed E-state index contributed by atoms with van der Waals surface area (Å²) in [5.74, 6) is 0.441. The average Bonchev–Trinajstić information content (AvgIpc) is 3.19. The molecule has 168 valence electrons. The Morgan fingerprint density at radius 1 is 0.719 bits per heavy atom. The van der Waals surface area contributed by atoms with Crippen LogP contribution in [0.5, 0.6) is 0 Å². The molecule has 32 heavy (non-hydrogen) atoms. The van der Waals surface area contributed by atoms with Crippen molar-refractivity contribution in [3.05, 3.63) is 70.8 Å². The van der Waals surface area contributed by atoms with Crippen LogP contribution >= 0.6 is 0 Å². The Balaban J connectivity index is 0.00000289. The monoisotopic (exact) mass is 501 g/mol. The third-order valence-electron chi connectivity index (χ3n) is 6.96. The molecular formula is C31H39Zr-. The number of benzene rings is 2. The van der Waals surface area contributed by atoms with Gasteiger partial charge >= 0.3 is 0 Å². The second-order valence-electron chi connectivity index (χ2n) is 12.7. The van der Waals surface area contributed by atoms with Crippen LogP contribution < -0.4 is 0 Å². The molecule has 0 aliphatic heterocycles. The predicted octanol–water partition coefficient (Wildman–Crippen LogP) is 9.31. The molecule has 1 heteroatoms. The van der Waals surface area contributed by atoms with E-state index in [1.807, 2.05) is 0 Å². The largest absolute Gasteiger partial charge is 0.126 e. The van der Waals surface area contributed by atoms with Gasteiger partial charge in [0.15, 0.2) is 0 Å². The zero-order valence-corrected chi connectivity index (χ0v) is 24.2. The molecule has 0 fully saturated rings. The molecule has 1 aliphatic rings. The Kier molecular flexibility index (Phi) is 6.45. The summed E-state index contributed by atoms with van der Waals surface area (Å²) < 4.78 is 0. The normalized spacial score (nSPS) is 17.5. The standard InChI is InChI=1S/C31H39.Zr/c1-19-13-22(30(5,6)7)16-24(19)27-17-23(31(8,9)10)18-28-25-15-21(29(2,3)4)12-11-20(25)14-26(27)28;/h11-19H,1-10H3;/q-1;. The third-order valence-corrected chi connectivity index (χ3v) is 6.96. The summed E-state index contributed by atoms with van der Waals surface area (Å²) in [7, 11) is 0. The van der Waals surface area contributed by atoms with Gasteiger partial charge in [0, 0.05) is 26.2 Å². The first kappa shape index (κ1) is 25.3. The van der Waals surface area contributed by atoms with Crippen molar-refractivity contribution < 1.29 is 26.2 Å². The van der Waals surface area contributed by atoms with Crippen LogP contribution in [0.2, 0.25) is 0 Å². The van der Waals surface area contributed by atoms with Gasteiger partial charge in [-0.05, 0) is 27.7 Å². The molecule has 0 heterocycles. The second kappa shape index (κ2) is 8.16. The van der Waals surface area contributed by atoms with Crippen LogP contribution in [0.1, 0.15) is 85.9 Å². The second-order valence-corrected chi connectivity index (χ2v) is 12.7. The smallest absolute Gasteiger partial charge is 0 e. The molecule has 3 aromatic carbocycles. The zero-order chi connectivity index (χ0) is 22.9. The van der Waals surface area contributed by atoms with Crippen LogP contribution in [0.15, 0.2) is 54.1 Å². The summed E-state index contributed by atoms with van der Waals surface area (Å²) >= 11 is 0. The SMILES string of the molecule is CC1C=C(C(C)(C)C)C=C1c1cc(C(C)(C)C)cc2c1[cH-]c1ccc(C(C)(C)C)cc12.[Zr]. The predicted molar refractivity (Wildman–Crippen MR) is 139 cm³/mol. The molecule has 0 bridgehead atoms. The van der Waals surface area contributed by atoms with Crippen LogP contribution in [0, 0.1) is 11.3 Å². The molecule has 0 N–H and O–H groups in total. The summed E-state index contributed by atoms with van der Waals surface area (Å²) in [5.41, 5.74) is 7.59. The van der Waals surface area contributed by atoms with E-state index < -0.39 is 0 Å². The molecule has 1 unspecified atom stereocenters. The van der Waals surface area contributed by atoms with Gasteiger partial charge in [-0.1, -0.05) is 128 Å². The van der Waals surface area contributed by atoms with Crippen molar-refractivity contribution >= 4 is 27.1 Å². The van der Waals surface area contributed by atoms with Crippen LogP contribution in [0.3, 0.4) is 0 Å². The zero-order valence-electron chi connectivity index (χ0n) is 21.7. The summed E-state index contributed by atoms with van der Waals surface area (Å²) in [4.78, 5) is 0. The molecule has 4 rings (SSSR count). The Hall–Kier alpha value is -1.33. The van der Waals surface area contributed by atoms with E-state index in [9.17, 15) is 0 Å². The van der Waals surface area contributed by atoms with Gasteiger partial charge in [-0.2, -0.15) is 0 Å². The minimum absolute atomic E-state index is 0. The van der Waals surface area contributed by atoms with Gasteiger partial charge in [0.25, 0.3) is 0 Å². The molecule has 0 saturated carbocycles. The summed E-state index contributed by atoms with van der Waals surface area (Å²) in [6.07, 6.45) is 4.93. The number of hydrogen-bond acceptors (Lipinski definition) is 0. The first-order valence-corrected chi connectivity index (χ1v) is 11.8. The summed E-state index contributed by atoms with van der Waals surface area (Å²) in [5, 5.41) is 5.55. The van der Waals surface area contributed by atoms with Crippen molar-refractivity contribution in [2.45, 2.75) is 80.1 Å². The molecule has 0 saturated heterocycles. The fourth-order valence-corrected chi connectivity index (χ4v) is 4.74. The van der Waals surface area contributed by atoms with Crippen molar-refractivity contribution in [3.63, 3.8) is 0 Å². The van der Waals surface area contributed by atoms with Crippen molar-refractivity contribution in [2.24, 2.45) is 11.3 Å². The van der Waals surface area contributed by atoms with Gasteiger partial charge in [-0.25, -0.2) is 0 Å². The Morgan fingerprint density at radius 2 is 1.31 bits per heavy atom. The van der Waals surface area contributed by atoms with E-state index in [2.05, 4.69) is 118 Å². The Bertz CT molecular complexity index is 1220. The van der Waals surface area contributed by atoms with Crippen molar-refractivity contribution in [3.8, 4) is 0 Å². The maximum absolute atomic E-state index is 2.47. The minimum Gasteiger partial charge on any atom is -0.126 e. The molecular weight excluding hydrogens is 464 g/mol. The topological polar surface area (TPSA) is 0 Å². The third kappa shape index (κ3) is 4.52. The van der Waals surface area contributed by atoms with Gasteiger partial charge in [0.1, 0.15) is 0 Å². The van der Waals surface area contributed by atoms with Gasteiger partial charge in [-0.3, -0.25) is 0 Å². The Morgan fingerprint density at radius 3 is 1.84 bits per heavy atom. The fraction of sp³-hybridized carbons (Fsp3) is 0.452. The maximum Gasteiger partial charge on any atom is 0 e. The fourth-order valence-electron chi connectivity index (χ4n) is 4.74. The first-order valence-electron chi connectivity index (χ1n) is 11.8. The van der Waals surface area contributed by atoms with Crippen LogP contribution in [0.4, 0.5) is 0 Å². The number of allylic oxidation sites excluding steroid dienone is 4. The number of hydrogen-bond donors (Lipinski definition) is 0. The summed E-state index contributed by atoms with van der Waals surface area (Å²) in [6.45, 7) is 23.2. The van der Waals surface area contributed by atoms with Gasteiger partial charge < -0.3 is 0 Å². The molecule has 1 aliphatic carbocycles. The minimum atomic E-state index is 0. The van der Waals surface area contributed by atoms with Gasteiger partial charge in [0.05, 0.1) is 0 Å². The molecule has 0 spiro atoms. The molecule has 0 nitrogen and oxygen atoms in total. The summed E-state index contributed by atoms with van der Waals surface area (Å²) in [6, 6.07) is 14.4. The quantitative estimate of drug-likeness (QED) is 0.291. The molecule has 3 aromatic rings. The van der Waals surface area contributed by atoms with Crippen LogP contribution in [-0.2, 0) is 37.0 Å². The van der Waals surface area contributed by atoms with E-state index >= 15 is 0 Å². The number of fused-ring (bicyclic) bond motifs is 3. The van der Waals surface area contributed by atoms with Crippen LogP contribution in [0.25, 0.3) is 27.1 Å². The van der Waals surface area contributed by atoms with E-state index in [-0.39, 0.29) is 42.4 Å². The van der Waals surface area contributed by atoms with Gasteiger partial charge in [0.2, 0.25) is 0 Å². The van der Waals surface area contributed by atoms with Crippen molar-refractivity contribution in [2.75, 3.05) is 0 Å². The first-order chi connectivity index (χ1) is 14.2. The molecule has 0 amide bonds. The maximum atomic E-state index is 2.47. The van der Waals surface area contributed by atoms with Crippen molar-refractivity contribution in [1.82, 2.24) is 0 Å². The van der Waals surface area contributed by atoms with E-state index in [1.54, 1.807) is 0 Å². The van der Waals surface area contributed by atoms with E-state index in [0.717, 1.165) is 0 Å². The molecule has 0 radical (unpaired) electrons.